The second-order valence-corrected chi connectivity index (χ2v) is 2.58. The summed E-state index contributed by atoms with van der Waals surface area (Å²) in [5, 5.41) is 7.60. The second-order valence-electron chi connectivity index (χ2n) is 2.58. The lowest BCUT2D eigenvalue weighted by molar-refractivity contribution is -0.131. The lowest BCUT2D eigenvalue weighted by atomic mass is 10.2. The first kappa shape index (κ1) is 14.2. The SMILES string of the molecule is C=C(C)C=CCCC.C=CC(=O)O. The van der Waals surface area contributed by atoms with Crippen molar-refractivity contribution >= 4 is 5.97 Å². The summed E-state index contributed by atoms with van der Waals surface area (Å²) in [4.78, 5) is 9.25. The van der Waals surface area contributed by atoms with Gasteiger partial charge in [0, 0.05) is 6.08 Å². The molecule has 0 radical (unpaired) electrons. The maximum atomic E-state index is 9.25. The van der Waals surface area contributed by atoms with E-state index < -0.39 is 5.97 Å². The highest BCUT2D eigenvalue weighted by molar-refractivity contribution is 5.78. The van der Waals surface area contributed by atoms with Gasteiger partial charge in [0.25, 0.3) is 0 Å². The summed E-state index contributed by atoms with van der Waals surface area (Å²) in [6.07, 6.45) is 7.45. The van der Waals surface area contributed by atoms with Crippen LogP contribution in [0, 0.1) is 0 Å². The van der Waals surface area contributed by atoms with E-state index in [1.165, 1.54) is 12.8 Å². The Kier molecular flexibility index (Phi) is 11.7. The number of carbonyl (C=O) groups is 1. The van der Waals surface area contributed by atoms with Gasteiger partial charge < -0.3 is 5.11 Å². The molecule has 0 aromatic rings. The number of hydrogen-bond acceptors (Lipinski definition) is 1. The van der Waals surface area contributed by atoms with Crippen LogP contribution in [-0.2, 0) is 4.79 Å². The van der Waals surface area contributed by atoms with Crippen LogP contribution in [-0.4, -0.2) is 11.1 Å². The van der Waals surface area contributed by atoms with Crippen molar-refractivity contribution in [1.82, 2.24) is 0 Å². The maximum absolute atomic E-state index is 9.25. The van der Waals surface area contributed by atoms with Crippen molar-refractivity contribution in [3.63, 3.8) is 0 Å². The number of aliphatic carboxylic acids is 1. The summed E-state index contributed by atoms with van der Waals surface area (Å²) in [5.74, 6) is -0.981. The van der Waals surface area contributed by atoms with Crippen LogP contribution in [0.25, 0.3) is 0 Å². The number of carboxylic acid groups (broad SMARTS) is 1. The van der Waals surface area contributed by atoms with Crippen LogP contribution in [0.5, 0.6) is 0 Å². The first-order valence-electron chi connectivity index (χ1n) is 4.22. The summed E-state index contributed by atoms with van der Waals surface area (Å²) in [5.41, 5.74) is 1.14. The van der Waals surface area contributed by atoms with Crippen LogP contribution < -0.4 is 0 Å². The van der Waals surface area contributed by atoms with Crippen molar-refractivity contribution in [3.05, 3.63) is 37.0 Å². The number of rotatable bonds is 4. The van der Waals surface area contributed by atoms with Gasteiger partial charge >= 0.3 is 5.97 Å². The molecule has 0 aromatic carbocycles. The van der Waals surface area contributed by atoms with Crippen molar-refractivity contribution in [3.8, 4) is 0 Å². The van der Waals surface area contributed by atoms with Gasteiger partial charge in [-0.3, -0.25) is 0 Å². The Morgan fingerprint density at radius 3 is 2.23 bits per heavy atom. The van der Waals surface area contributed by atoms with Gasteiger partial charge in [-0.1, -0.05) is 44.2 Å². The summed E-state index contributed by atoms with van der Waals surface area (Å²) >= 11 is 0. The van der Waals surface area contributed by atoms with Gasteiger partial charge in [-0.2, -0.15) is 0 Å². The van der Waals surface area contributed by atoms with Crippen LogP contribution in [0.15, 0.2) is 37.0 Å². The van der Waals surface area contributed by atoms with Crippen molar-refractivity contribution < 1.29 is 9.90 Å². The van der Waals surface area contributed by atoms with Gasteiger partial charge in [-0.25, -0.2) is 4.79 Å². The third-order valence-corrected chi connectivity index (χ3v) is 1.03. The average molecular weight is 182 g/mol. The van der Waals surface area contributed by atoms with Crippen LogP contribution in [0.4, 0.5) is 0 Å². The molecule has 2 nitrogen and oxygen atoms in total. The molecule has 13 heavy (non-hydrogen) atoms. The van der Waals surface area contributed by atoms with Crippen LogP contribution in [0.1, 0.15) is 26.7 Å². The van der Waals surface area contributed by atoms with E-state index in [2.05, 4.69) is 32.2 Å². The molecule has 0 saturated heterocycles. The zero-order chi connectivity index (χ0) is 10.7. The molecule has 74 valence electrons. The van der Waals surface area contributed by atoms with E-state index in [1.807, 2.05) is 6.92 Å². The monoisotopic (exact) mass is 182 g/mol. The molecule has 0 saturated carbocycles. The molecule has 0 aliphatic carbocycles. The number of hydrogen-bond donors (Lipinski definition) is 1. The summed E-state index contributed by atoms with van der Waals surface area (Å²) < 4.78 is 0. The van der Waals surface area contributed by atoms with Crippen LogP contribution >= 0.6 is 0 Å². The predicted octanol–water partition coefficient (Wildman–Crippen LogP) is 3.18. The van der Waals surface area contributed by atoms with Gasteiger partial charge in [-0.05, 0) is 13.3 Å². The highest BCUT2D eigenvalue weighted by atomic mass is 16.4. The lowest BCUT2D eigenvalue weighted by Crippen LogP contribution is -1.82. The Morgan fingerprint density at radius 2 is 2.00 bits per heavy atom. The molecule has 0 bridgehead atoms. The maximum Gasteiger partial charge on any atom is 0.327 e. The van der Waals surface area contributed by atoms with E-state index in [0.29, 0.717) is 0 Å². The number of carboxylic acids is 1. The standard InChI is InChI=1S/C8H14.C3H4O2/c1-4-5-6-7-8(2)3;1-2-3(4)5/h6-7H,2,4-5H2,1,3H3;2H,1H2,(H,4,5). The summed E-state index contributed by atoms with van der Waals surface area (Å²) in [7, 11) is 0. The Hall–Kier alpha value is -1.31. The normalized spacial score (nSPS) is 8.77. The van der Waals surface area contributed by atoms with Gasteiger partial charge in [0.2, 0.25) is 0 Å². The molecule has 0 aliphatic heterocycles. The van der Waals surface area contributed by atoms with Crippen molar-refractivity contribution in [2.75, 3.05) is 0 Å². The quantitative estimate of drug-likeness (QED) is 0.535. The molecule has 2 heteroatoms. The van der Waals surface area contributed by atoms with Crippen molar-refractivity contribution in [2.45, 2.75) is 26.7 Å². The molecule has 0 atom stereocenters. The fourth-order valence-corrected chi connectivity index (χ4v) is 0.451. The Morgan fingerprint density at radius 1 is 1.54 bits per heavy atom. The minimum Gasteiger partial charge on any atom is -0.478 e. The third-order valence-electron chi connectivity index (χ3n) is 1.03. The molecular formula is C11H18O2. The molecule has 0 heterocycles. The zero-order valence-corrected chi connectivity index (χ0v) is 8.42. The molecule has 0 aliphatic rings. The van der Waals surface area contributed by atoms with E-state index in [-0.39, 0.29) is 0 Å². The van der Waals surface area contributed by atoms with E-state index in [0.717, 1.165) is 11.6 Å². The third kappa shape index (κ3) is 24.9. The molecule has 0 fully saturated rings. The molecule has 0 unspecified atom stereocenters. The van der Waals surface area contributed by atoms with E-state index in [1.54, 1.807) is 0 Å². The molecule has 0 rings (SSSR count). The first-order valence-corrected chi connectivity index (χ1v) is 4.22. The topological polar surface area (TPSA) is 37.3 Å². The lowest BCUT2D eigenvalue weighted by Gasteiger charge is -1.83. The van der Waals surface area contributed by atoms with E-state index in [4.69, 9.17) is 5.11 Å². The van der Waals surface area contributed by atoms with Crippen LogP contribution in [0.3, 0.4) is 0 Å². The van der Waals surface area contributed by atoms with Crippen molar-refractivity contribution in [1.29, 1.82) is 0 Å². The molecule has 0 amide bonds. The van der Waals surface area contributed by atoms with Crippen LogP contribution in [0.2, 0.25) is 0 Å². The predicted molar refractivity (Wildman–Crippen MR) is 56.7 cm³/mol. The van der Waals surface area contributed by atoms with E-state index >= 15 is 0 Å². The highest BCUT2D eigenvalue weighted by Crippen LogP contribution is 1.93. The molecule has 0 spiro atoms. The highest BCUT2D eigenvalue weighted by Gasteiger charge is 1.73. The number of allylic oxidation sites excluding steroid dienone is 3. The largest absolute Gasteiger partial charge is 0.478 e. The zero-order valence-electron chi connectivity index (χ0n) is 8.42. The molecular weight excluding hydrogens is 164 g/mol. The average Bonchev–Trinajstić information content (AvgIpc) is 2.05. The van der Waals surface area contributed by atoms with Gasteiger partial charge in [0.1, 0.15) is 0 Å². The molecule has 0 aromatic heterocycles. The fourth-order valence-electron chi connectivity index (χ4n) is 0.451. The van der Waals surface area contributed by atoms with E-state index in [9.17, 15) is 4.79 Å². The summed E-state index contributed by atoms with van der Waals surface area (Å²) in [6.45, 7) is 10.9. The number of unbranched alkanes of at least 4 members (excludes halogenated alkanes) is 1. The van der Waals surface area contributed by atoms with Gasteiger partial charge in [0.15, 0.2) is 0 Å². The summed E-state index contributed by atoms with van der Waals surface area (Å²) in [6, 6.07) is 0. The second kappa shape index (κ2) is 10.7. The minimum atomic E-state index is -0.981. The van der Waals surface area contributed by atoms with Gasteiger partial charge in [0.05, 0.1) is 0 Å². The smallest absolute Gasteiger partial charge is 0.327 e. The fraction of sp³-hybridized carbons (Fsp3) is 0.364. The Labute approximate surface area is 80.3 Å². The van der Waals surface area contributed by atoms with Gasteiger partial charge in [-0.15, -0.1) is 0 Å². The first-order chi connectivity index (χ1) is 6.04. The Balaban J connectivity index is 0. The Bertz CT molecular complexity index is 190. The molecule has 1 N–H and O–H groups in total. The van der Waals surface area contributed by atoms with Crippen molar-refractivity contribution in [2.24, 2.45) is 0 Å². The minimum absolute atomic E-state index is 0.833.